The first-order valence-corrected chi connectivity index (χ1v) is 16.5. The largest absolute Gasteiger partial charge is 0.385 e. The molecule has 2 atom stereocenters. The molecule has 224 valence electrons. The second-order valence-electron chi connectivity index (χ2n) is 11.7. The molecule has 0 aliphatic rings. The van der Waals surface area contributed by atoms with E-state index < -0.39 is 11.2 Å². The van der Waals surface area contributed by atoms with Gasteiger partial charge in [0.15, 0.2) is 0 Å². The summed E-state index contributed by atoms with van der Waals surface area (Å²) in [4.78, 5) is 6.84. The van der Waals surface area contributed by atoms with Crippen LogP contribution in [-0.4, -0.2) is 40.6 Å². The highest BCUT2D eigenvalue weighted by atomic mass is 32.1. The van der Waals surface area contributed by atoms with Gasteiger partial charge in [0.25, 0.3) is 0 Å². The zero-order valence-corrected chi connectivity index (χ0v) is 26.6. The topological polar surface area (TPSA) is 129 Å². The van der Waals surface area contributed by atoms with Gasteiger partial charge in [0.05, 0.1) is 43.0 Å². The lowest BCUT2D eigenvalue weighted by Gasteiger charge is -2.21. The number of aromatic amines is 4. The molecule has 0 saturated heterocycles. The Balaban J connectivity index is 0.000000142. The maximum atomic E-state index is 10.4. The summed E-state index contributed by atoms with van der Waals surface area (Å²) in [5, 5.41) is 42.1. The summed E-state index contributed by atoms with van der Waals surface area (Å²) >= 11 is 3.37. The van der Waals surface area contributed by atoms with E-state index in [-0.39, 0.29) is 0 Å². The number of aliphatic hydroxyl groups is 2. The molecule has 0 amide bonds. The van der Waals surface area contributed by atoms with Gasteiger partial charge >= 0.3 is 0 Å². The van der Waals surface area contributed by atoms with Crippen molar-refractivity contribution >= 4 is 64.9 Å². The highest BCUT2D eigenvalue weighted by molar-refractivity contribution is 7.18. The SMILES string of the molecule is CC[C@@](C)(O)c1ccc2[nH]c(-c3n[nH]c4ccsc34)cc2c1.CC[C@](C)(O)c1ccc2[nH]c(-c3n[nH]c4ccsc34)cc2c1. The summed E-state index contributed by atoms with van der Waals surface area (Å²) in [6, 6.07) is 20.4. The van der Waals surface area contributed by atoms with E-state index in [1.165, 1.54) is 0 Å². The van der Waals surface area contributed by atoms with Crippen molar-refractivity contribution < 1.29 is 10.2 Å². The molecule has 8 aromatic rings. The van der Waals surface area contributed by atoms with Crippen molar-refractivity contribution in [2.24, 2.45) is 0 Å². The summed E-state index contributed by atoms with van der Waals surface area (Å²) in [5.74, 6) is 0. The first-order chi connectivity index (χ1) is 21.2. The van der Waals surface area contributed by atoms with E-state index in [1.807, 2.05) is 64.1 Å². The first-order valence-electron chi connectivity index (χ1n) is 14.7. The predicted octanol–water partition coefficient (Wildman–Crippen LogP) is 8.78. The Kier molecular flexibility index (Phi) is 6.97. The van der Waals surface area contributed by atoms with E-state index in [1.54, 1.807) is 22.7 Å². The number of aromatic nitrogens is 6. The van der Waals surface area contributed by atoms with Gasteiger partial charge in [0.1, 0.15) is 11.4 Å². The van der Waals surface area contributed by atoms with Crippen molar-refractivity contribution in [2.75, 3.05) is 0 Å². The van der Waals surface area contributed by atoms with Crippen molar-refractivity contribution in [2.45, 2.75) is 51.7 Å². The minimum absolute atomic E-state index is 0.685. The molecule has 8 rings (SSSR count). The Morgan fingerprint density at radius 2 is 1.05 bits per heavy atom. The molecule has 0 unspecified atom stereocenters. The second kappa shape index (κ2) is 10.7. The van der Waals surface area contributed by atoms with Crippen LogP contribution in [0.15, 0.2) is 71.4 Å². The Hall–Kier alpha value is -4.22. The van der Waals surface area contributed by atoms with Gasteiger partial charge in [-0.3, -0.25) is 10.2 Å². The van der Waals surface area contributed by atoms with E-state index >= 15 is 0 Å². The zero-order valence-electron chi connectivity index (χ0n) is 24.9. The molecule has 0 saturated carbocycles. The van der Waals surface area contributed by atoms with Crippen molar-refractivity contribution in [3.8, 4) is 22.8 Å². The standard InChI is InChI=1S/2C17H17N3OS/c2*1-3-17(2,21)11-4-5-12-10(8-11)9-14(18-12)15-16-13(19-20-15)6-7-22-16/h2*4-9,18,21H,3H2,1-2H3,(H,19,20)/t2*17-/m10/s1. The highest BCUT2D eigenvalue weighted by Crippen LogP contribution is 2.35. The van der Waals surface area contributed by atoms with Crippen molar-refractivity contribution in [1.82, 2.24) is 30.4 Å². The molecule has 10 heteroatoms. The number of rotatable bonds is 6. The quantitative estimate of drug-likeness (QED) is 0.111. The van der Waals surface area contributed by atoms with Crippen LogP contribution < -0.4 is 0 Å². The average Bonchev–Trinajstić information content (AvgIpc) is 3.84. The minimum atomic E-state index is -0.793. The van der Waals surface area contributed by atoms with Crippen LogP contribution in [0.25, 0.3) is 65.0 Å². The molecule has 6 heterocycles. The van der Waals surface area contributed by atoms with Gasteiger partial charge in [-0.15, -0.1) is 22.7 Å². The fourth-order valence-electron chi connectivity index (χ4n) is 5.46. The second-order valence-corrected chi connectivity index (χ2v) is 13.5. The van der Waals surface area contributed by atoms with Crippen LogP contribution in [0.4, 0.5) is 0 Å². The molecule has 0 spiro atoms. The molecule has 0 bridgehead atoms. The third-order valence-corrected chi connectivity index (χ3v) is 10.6. The lowest BCUT2D eigenvalue weighted by Crippen LogP contribution is -2.19. The van der Waals surface area contributed by atoms with Crippen molar-refractivity contribution in [3.63, 3.8) is 0 Å². The highest BCUT2D eigenvalue weighted by Gasteiger charge is 2.22. The number of hydrogen-bond donors (Lipinski definition) is 6. The van der Waals surface area contributed by atoms with E-state index in [0.29, 0.717) is 12.8 Å². The molecule has 8 nitrogen and oxygen atoms in total. The predicted molar refractivity (Wildman–Crippen MR) is 182 cm³/mol. The molecule has 6 N–H and O–H groups in total. The average molecular weight is 623 g/mol. The smallest absolute Gasteiger partial charge is 0.126 e. The van der Waals surface area contributed by atoms with Crippen LogP contribution in [0.2, 0.25) is 0 Å². The molecule has 44 heavy (non-hydrogen) atoms. The fourth-order valence-corrected chi connectivity index (χ4v) is 7.16. The zero-order chi connectivity index (χ0) is 30.6. The number of H-pyrrole nitrogens is 4. The Bertz CT molecular complexity index is 2080. The number of thiophene rings is 2. The van der Waals surface area contributed by atoms with Gasteiger partial charge in [-0.1, -0.05) is 26.0 Å². The maximum absolute atomic E-state index is 10.4. The van der Waals surface area contributed by atoms with Gasteiger partial charge in [0, 0.05) is 21.8 Å². The van der Waals surface area contributed by atoms with Crippen molar-refractivity contribution in [1.29, 1.82) is 0 Å². The van der Waals surface area contributed by atoms with Gasteiger partial charge < -0.3 is 20.2 Å². The summed E-state index contributed by atoms with van der Waals surface area (Å²) in [5.41, 5.74) is 8.42. The first kappa shape index (κ1) is 28.5. The summed E-state index contributed by atoms with van der Waals surface area (Å²) in [7, 11) is 0. The fraction of sp³-hybridized carbons (Fsp3) is 0.235. The lowest BCUT2D eigenvalue weighted by molar-refractivity contribution is 0.0528. The van der Waals surface area contributed by atoms with E-state index in [9.17, 15) is 10.2 Å². The molecular weight excluding hydrogens is 589 g/mol. The van der Waals surface area contributed by atoms with Crippen LogP contribution in [0.3, 0.4) is 0 Å². The third-order valence-electron chi connectivity index (χ3n) is 8.71. The summed E-state index contributed by atoms with van der Waals surface area (Å²) in [6.45, 7) is 7.68. The Labute approximate surface area is 261 Å². The maximum Gasteiger partial charge on any atom is 0.126 e. The minimum Gasteiger partial charge on any atom is -0.385 e. The summed E-state index contributed by atoms with van der Waals surface area (Å²) < 4.78 is 2.32. The van der Waals surface area contributed by atoms with Gasteiger partial charge in [-0.05, 0) is 97.1 Å². The van der Waals surface area contributed by atoms with Crippen LogP contribution in [0.5, 0.6) is 0 Å². The third kappa shape index (κ3) is 4.93. The van der Waals surface area contributed by atoms with Gasteiger partial charge in [0.2, 0.25) is 0 Å². The molecule has 0 aliphatic carbocycles. The Morgan fingerprint density at radius 3 is 1.45 bits per heavy atom. The van der Waals surface area contributed by atoms with Crippen molar-refractivity contribution in [3.05, 3.63) is 82.6 Å². The molecule has 0 aliphatic heterocycles. The molecule has 0 radical (unpaired) electrons. The lowest BCUT2D eigenvalue weighted by atomic mass is 9.92. The number of nitrogens with one attached hydrogen (secondary N) is 4. The molecule has 6 aromatic heterocycles. The number of fused-ring (bicyclic) bond motifs is 4. The molecule has 2 aromatic carbocycles. The number of benzene rings is 2. The normalized spacial score (nSPS) is 14.7. The van der Waals surface area contributed by atoms with Crippen LogP contribution in [0.1, 0.15) is 51.7 Å². The van der Waals surface area contributed by atoms with Crippen LogP contribution >= 0.6 is 22.7 Å². The van der Waals surface area contributed by atoms with Gasteiger partial charge in [-0.2, -0.15) is 10.2 Å². The Morgan fingerprint density at radius 1 is 0.614 bits per heavy atom. The van der Waals surface area contributed by atoms with Crippen LogP contribution in [-0.2, 0) is 11.2 Å². The van der Waals surface area contributed by atoms with E-state index in [4.69, 9.17) is 0 Å². The van der Waals surface area contributed by atoms with E-state index in [0.717, 1.165) is 76.1 Å². The van der Waals surface area contributed by atoms with Gasteiger partial charge in [-0.25, -0.2) is 0 Å². The molecular formula is C34H34N6O2S2. The monoisotopic (exact) mass is 622 g/mol. The summed E-state index contributed by atoms with van der Waals surface area (Å²) in [6.07, 6.45) is 1.37. The molecule has 0 fully saturated rings. The van der Waals surface area contributed by atoms with Crippen LogP contribution in [0, 0.1) is 0 Å². The number of nitrogens with zero attached hydrogens (tertiary/aromatic N) is 2. The number of hydrogen-bond acceptors (Lipinski definition) is 6. The van der Waals surface area contributed by atoms with E-state index in [2.05, 4.69) is 65.4 Å².